The van der Waals surface area contributed by atoms with Crippen LogP contribution >= 0.6 is 11.8 Å². The maximum atomic E-state index is 13.6. The third-order valence-corrected chi connectivity index (χ3v) is 5.28. The molecule has 0 bridgehead atoms. The van der Waals surface area contributed by atoms with Crippen molar-refractivity contribution in [3.05, 3.63) is 59.6 Å². The number of amides is 1. The molecule has 0 unspecified atom stereocenters. The van der Waals surface area contributed by atoms with E-state index in [1.807, 2.05) is 0 Å². The number of hydrogen-bond acceptors (Lipinski definition) is 6. The van der Waals surface area contributed by atoms with Gasteiger partial charge in [0.25, 0.3) is 0 Å². The summed E-state index contributed by atoms with van der Waals surface area (Å²) in [5.74, 6) is -2.93. The molecule has 1 saturated heterocycles. The molecular formula is C18H15F2NO5S. The molecule has 1 aliphatic heterocycles. The van der Waals surface area contributed by atoms with Gasteiger partial charge in [-0.3, -0.25) is 9.59 Å². The SMILES string of the molecule is CC(=O)N1[C@@H](c2ccco2)SC[C@H]1C(=O)OCC(=O)c1cc(F)ccc1F. The van der Waals surface area contributed by atoms with Gasteiger partial charge in [0.15, 0.2) is 6.61 Å². The number of nitrogens with zero attached hydrogens (tertiary/aromatic N) is 1. The van der Waals surface area contributed by atoms with Gasteiger partial charge in [0, 0.05) is 12.7 Å². The fourth-order valence-corrected chi connectivity index (χ4v) is 4.16. The minimum atomic E-state index is -0.909. The molecule has 1 aromatic heterocycles. The van der Waals surface area contributed by atoms with Gasteiger partial charge in [0.05, 0.1) is 11.8 Å². The maximum absolute atomic E-state index is 13.6. The molecule has 142 valence electrons. The Morgan fingerprint density at radius 1 is 1.30 bits per heavy atom. The number of furan rings is 1. The summed E-state index contributed by atoms with van der Waals surface area (Å²) < 4.78 is 37.1. The summed E-state index contributed by atoms with van der Waals surface area (Å²) in [7, 11) is 0. The molecule has 1 fully saturated rings. The van der Waals surface area contributed by atoms with Crippen molar-refractivity contribution in [2.24, 2.45) is 0 Å². The van der Waals surface area contributed by atoms with E-state index in [9.17, 15) is 23.2 Å². The van der Waals surface area contributed by atoms with Crippen molar-refractivity contribution in [3.8, 4) is 0 Å². The van der Waals surface area contributed by atoms with Gasteiger partial charge in [0.2, 0.25) is 11.7 Å². The Labute approximate surface area is 157 Å². The van der Waals surface area contributed by atoms with Crippen LogP contribution in [0.1, 0.15) is 28.4 Å². The zero-order valence-electron chi connectivity index (χ0n) is 14.2. The van der Waals surface area contributed by atoms with Crippen molar-refractivity contribution >= 4 is 29.4 Å². The largest absolute Gasteiger partial charge is 0.466 e. The molecule has 0 spiro atoms. The fourth-order valence-electron chi connectivity index (χ4n) is 2.75. The molecule has 27 heavy (non-hydrogen) atoms. The minimum Gasteiger partial charge on any atom is -0.466 e. The van der Waals surface area contributed by atoms with E-state index in [0.29, 0.717) is 5.76 Å². The van der Waals surface area contributed by atoms with Crippen LogP contribution in [0.25, 0.3) is 0 Å². The number of Topliss-reactive ketones (excluding diaryl/α,β-unsaturated/α-hetero) is 1. The fraction of sp³-hybridized carbons (Fsp3) is 0.278. The lowest BCUT2D eigenvalue weighted by Gasteiger charge is -2.25. The van der Waals surface area contributed by atoms with Gasteiger partial charge in [-0.1, -0.05) is 0 Å². The molecule has 0 N–H and O–H groups in total. The Hall–Kier alpha value is -2.68. The van der Waals surface area contributed by atoms with Crippen LogP contribution in [0.3, 0.4) is 0 Å². The molecule has 2 aromatic rings. The molecule has 0 saturated carbocycles. The highest BCUT2D eigenvalue weighted by Gasteiger charge is 2.43. The molecule has 2 atom stereocenters. The van der Waals surface area contributed by atoms with E-state index in [-0.39, 0.29) is 11.7 Å². The van der Waals surface area contributed by atoms with E-state index in [1.54, 1.807) is 12.1 Å². The quantitative estimate of drug-likeness (QED) is 0.572. The van der Waals surface area contributed by atoms with Gasteiger partial charge in [-0.25, -0.2) is 13.6 Å². The molecule has 1 aromatic carbocycles. The molecule has 2 heterocycles. The zero-order chi connectivity index (χ0) is 19.6. The standard InChI is InChI=1S/C18H15F2NO5S/c1-10(22)21-14(9-27-17(21)16-3-2-6-25-16)18(24)26-8-15(23)12-7-11(19)4-5-13(12)20/h2-7,14,17H,8-9H2,1H3/t14-,17+/m0/s1. The van der Waals surface area contributed by atoms with Crippen molar-refractivity contribution in [1.82, 2.24) is 4.90 Å². The number of halogens is 2. The second kappa shape index (κ2) is 7.91. The molecule has 9 heteroatoms. The van der Waals surface area contributed by atoms with Gasteiger partial charge in [-0.2, -0.15) is 0 Å². The Kier molecular flexibility index (Phi) is 5.59. The van der Waals surface area contributed by atoms with Gasteiger partial charge in [0.1, 0.15) is 28.8 Å². The monoisotopic (exact) mass is 395 g/mol. The topological polar surface area (TPSA) is 76.8 Å². The molecular weight excluding hydrogens is 380 g/mol. The molecule has 0 radical (unpaired) electrons. The van der Waals surface area contributed by atoms with Crippen LogP contribution in [0, 0.1) is 11.6 Å². The van der Waals surface area contributed by atoms with Crippen LogP contribution in [0.4, 0.5) is 8.78 Å². The number of benzene rings is 1. The number of thioether (sulfide) groups is 1. The Morgan fingerprint density at radius 3 is 2.74 bits per heavy atom. The minimum absolute atomic E-state index is 0.256. The number of carbonyl (C=O) groups excluding carboxylic acids is 3. The molecule has 1 aliphatic rings. The number of hydrogen-bond donors (Lipinski definition) is 0. The van der Waals surface area contributed by atoms with E-state index < -0.39 is 47.0 Å². The third-order valence-electron chi connectivity index (χ3n) is 4.00. The average molecular weight is 395 g/mol. The van der Waals surface area contributed by atoms with Gasteiger partial charge < -0.3 is 14.1 Å². The van der Waals surface area contributed by atoms with Crippen LogP contribution in [-0.4, -0.2) is 41.0 Å². The van der Waals surface area contributed by atoms with E-state index >= 15 is 0 Å². The van der Waals surface area contributed by atoms with E-state index in [0.717, 1.165) is 18.2 Å². The molecule has 1 amide bonds. The Bertz CT molecular complexity index is 871. The Balaban J connectivity index is 1.67. The lowest BCUT2D eigenvalue weighted by atomic mass is 10.1. The van der Waals surface area contributed by atoms with Crippen LogP contribution in [-0.2, 0) is 14.3 Å². The average Bonchev–Trinajstić information content (AvgIpc) is 3.30. The van der Waals surface area contributed by atoms with E-state index in [1.165, 1.54) is 29.8 Å². The van der Waals surface area contributed by atoms with Gasteiger partial charge in [-0.05, 0) is 30.3 Å². The van der Waals surface area contributed by atoms with Crippen molar-refractivity contribution in [3.63, 3.8) is 0 Å². The summed E-state index contributed by atoms with van der Waals surface area (Å²) in [5.41, 5.74) is -0.500. The number of carbonyl (C=O) groups is 3. The van der Waals surface area contributed by atoms with Crippen molar-refractivity contribution in [2.75, 3.05) is 12.4 Å². The number of ether oxygens (including phenoxy) is 1. The first-order valence-corrected chi connectivity index (χ1v) is 9.02. The summed E-state index contributed by atoms with van der Waals surface area (Å²) in [5, 5.41) is -0.480. The summed E-state index contributed by atoms with van der Waals surface area (Å²) in [4.78, 5) is 37.7. The van der Waals surface area contributed by atoms with Crippen LogP contribution in [0.5, 0.6) is 0 Å². The van der Waals surface area contributed by atoms with Crippen molar-refractivity contribution in [1.29, 1.82) is 0 Å². The molecule has 3 rings (SSSR count). The Morgan fingerprint density at radius 2 is 2.07 bits per heavy atom. The number of rotatable bonds is 5. The smallest absolute Gasteiger partial charge is 0.330 e. The number of ketones is 1. The predicted molar refractivity (Wildman–Crippen MR) is 91.9 cm³/mol. The van der Waals surface area contributed by atoms with Crippen LogP contribution in [0.15, 0.2) is 41.0 Å². The molecule has 6 nitrogen and oxygen atoms in total. The second-order valence-electron chi connectivity index (χ2n) is 5.80. The summed E-state index contributed by atoms with van der Waals surface area (Å²) in [6, 6.07) is 4.90. The first-order chi connectivity index (χ1) is 12.9. The van der Waals surface area contributed by atoms with Crippen LogP contribution < -0.4 is 0 Å². The first kappa shape index (κ1) is 19.1. The normalized spacial score (nSPS) is 19.1. The third kappa shape index (κ3) is 4.02. The predicted octanol–water partition coefficient (Wildman–Crippen LogP) is 2.95. The maximum Gasteiger partial charge on any atom is 0.330 e. The highest BCUT2D eigenvalue weighted by atomic mass is 32.2. The van der Waals surface area contributed by atoms with Crippen molar-refractivity contribution < 1.29 is 32.3 Å². The van der Waals surface area contributed by atoms with Crippen LogP contribution in [0.2, 0.25) is 0 Å². The highest BCUT2D eigenvalue weighted by Crippen LogP contribution is 2.41. The lowest BCUT2D eigenvalue weighted by Crippen LogP contribution is -2.43. The van der Waals surface area contributed by atoms with Gasteiger partial charge in [-0.15, -0.1) is 11.8 Å². The van der Waals surface area contributed by atoms with E-state index in [2.05, 4.69) is 0 Å². The second-order valence-corrected chi connectivity index (χ2v) is 6.91. The highest BCUT2D eigenvalue weighted by molar-refractivity contribution is 7.99. The van der Waals surface area contributed by atoms with Crippen molar-refractivity contribution in [2.45, 2.75) is 18.3 Å². The van der Waals surface area contributed by atoms with E-state index in [4.69, 9.17) is 9.15 Å². The summed E-state index contributed by atoms with van der Waals surface area (Å²) in [6.45, 7) is 0.562. The number of esters is 1. The first-order valence-electron chi connectivity index (χ1n) is 7.97. The zero-order valence-corrected chi connectivity index (χ0v) is 15.0. The van der Waals surface area contributed by atoms with Gasteiger partial charge >= 0.3 is 5.97 Å². The molecule has 0 aliphatic carbocycles. The summed E-state index contributed by atoms with van der Waals surface area (Å²) >= 11 is 1.32. The summed E-state index contributed by atoms with van der Waals surface area (Å²) in [6.07, 6.45) is 1.46. The lowest BCUT2D eigenvalue weighted by molar-refractivity contribution is -0.152.